The Kier molecular flexibility index (Phi) is 41.3. The van der Waals surface area contributed by atoms with Gasteiger partial charge in [0, 0.05) is 66.7 Å². The Labute approximate surface area is 731 Å². The Hall–Kier alpha value is -12.9. The van der Waals surface area contributed by atoms with Gasteiger partial charge in [-0.25, -0.2) is 51.7 Å². The number of fused-ring (bicyclic) bond motifs is 3. The molecule has 7 aromatic carbocycles. The number of carbonyl (C=O) groups is 10. The molecule has 1 aliphatic heterocycles. The van der Waals surface area contributed by atoms with E-state index in [-0.39, 0.29) is 89.8 Å². The van der Waals surface area contributed by atoms with Gasteiger partial charge in [0.1, 0.15) is 54.0 Å². The second kappa shape index (κ2) is 50.9. The molecule has 0 bridgehead atoms. The minimum absolute atomic E-state index is 0.0275. The molecule has 127 heavy (non-hydrogen) atoms. The number of aromatic nitrogens is 2. The molecule has 0 radical (unpaired) electrons. The highest BCUT2D eigenvalue weighted by atomic mass is 32.2. The Morgan fingerprint density at radius 3 is 1.25 bits per heavy atom. The van der Waals surface area contributed by atoms with Gasteiger partial charge in [0.05, 0.1) is 35.1 Å². The molecule has 1 saturated heterocycles. The fourth-order valence-electron chi connectivity index (χ4n) is 11.2. The number of ether oxygens (including phenoxy) is 4. The summed E-state index contributed by atoms with van der Waals surface area (Å²) in [5, 5.41) is 31.0. The van der Waals surface area contributed by atoms with Crippen LogP contribution >= 0.6 is 0 Å². The van der Waals surface area contributed by atoms with Crippen LogP contribution in [0.1, 0.15) is 129 Å². The number of imide groups is 1. The third kappa shape index (κ3) is 39.9. The van der Waals surface area contributed by atoms with E-state index in [0.29, 0.717) is 82.8 Å². The zero-order chi connectivity index (χ0) is 93.3. The number of rotatable bonds is 35. The quantitative estimate of drug-likeness (QED) is 0.00760. The molecule has 15 N–H and O–H groups in total. The maximum Gasteiger partial charge on any atom is 0.422 e. The molecule has 1 aliphatic rings. The van der Waals surface area contributed by atoms with Crippen LogP contribution in [0.4, 0.5) is 49.4 Å². The number of hydroxylamine groups is 2. The van der Waals surface area contributed by atoms with Crippen LogP contribution in [-0.4, -0.2) is 155 Å². The maximum absolute atomic E-state index is 13.2. The zero-order valence-electron chi connectivity index (χ0n) is 70.1. The van der Waals surface area contributed by atoms with Crippen molar-refractivity contribution in [1.82, 2.24) is 49.3 Å². The van der Waals surface area contributed by atoms with Gasteiger partial charge in [0.2, 0.25) is 17.7 Å². The second-order valence-electron chi connectivity index (χ2n) is 29.7. The number of nitrogens with two attached hydrogens (primary N) is 2. The van der Waals surface area contributed by atoms with Gasteiger partial charge < -0.3 is 61.2 Å². The first kappa shape index (κ1) is 103. The molecular weight excluding hydrogens is 1720 g/mol. The van der Waals surface area contributed by atoms with Gasteiger partial charge in [-0.3, -0.25) is 38.7 Å². The smallest absolute Gasteiger partial charge is 0.422 e. The highest BCUT2D eigenvalue weighted by molar-refractivity contribution is 7.88. The van der Waals surface area contributed by atoms with Crippen molar-refractivity contribution in [2.75, 3.05) is 35.6 Å². The van der Waals surface area contributed by atoms with Crippen molar-refractivity contribution >= 4 is 141 Å². The molecule has 0 aliphatic carbocycles. The Morgan fingerprint density at radius 2 is 0.843 bits per heavy atom. The number of nitrogens with one attached hydrogen (secondary N) is 10. The average molecular weight is 1830 g/mol. The highest BCUT2D eigenvalue weighted by Gasteiger charge is 2.31. The molecule has 10 rings (SSSR count). The number of aliphatic hydroxyl groups is 1. The van der Waals surface area contributed by atoms with Gasteiger partial charge in [-0.2, -0.15) is 34.7 Å². The Morgan fingerprint density at radius 1 is 0.472 bits per heavy atom. The molecule has 9 aromatic rings. The molecule has 43 heteroatoms. The number of anilines is 3. The largest absolute Gasteiger partial charge is 0.445 e. The standard InChI is InChI=1S/C28H34FN5O7S.C23H26FN5O5S.C21H30N4O5S.C7H7FO.C5H5NO4/c1-28(2,3)41-27(37)34-42(38,39)31-17-5-4-10-23(33-26(36)40-18-19-12-14-21(29)15-13-19)25(35)32-22-11-6-8-20-9-7-16-30-24(20)22;24-18-11-9-16(10-12-18)15-34-23(31)29-20(7-1-2-14-27-35(25,32)33)22(30)28-19-8-3-5-17-6-4-13-26-21(17)19;1-21(2,3)30-20(27)25-31(28,29)23-14-7-6-12-17(22)19(26)24-18-13-8-10-15-9-4-5-11-16(15)18;8-7-3-1-6(5-9)2-4-7;7-3-10-6-4(8)1-2-5(6)9/h6-9,11-16,23,31H,4-5,10,17-18H2,1-3H3,(H,32,35)(H,33,36)(H,34,37);3-6,8-13,20,27H,1-2,7,14-15H2,(H,28,30)(H,29,31)(H2,25,32,33);4-5,8-11,13,17,23H,6-7,12,14,22H2,1-3H3,(H,24,26)(H,25,27);1-4,9H,5H2;3H,1-2H2. The van der Waals surface area contributed by atoms with Crippen LogP contribution in [-0.2, 0) is 103 Å². The highest BCUT2D eigenvalue weighted by Crippen LogP contribution is 2.26. The number of amides is 9. The van der Waals surface area contributed by atoms with Gasteiger partial charge >= 0.3 is 51.3 Å². The van der Waals surface area contributed by atoms with Crippen molar-refractivity contribution in [1.29, 1.82) is 0 Å². The monoisotopic (exact) mass is 1830 g/mol. The molecule has 684 valence electrons. The Bertz CT molecular complexity index is 5520. The number of unbranched alkanes of at least 4 members (excludes halogenated alkanes) is 3. The van der Waals surface area contributed by atoms with Crippen molar-refractivity contribution in [3.05, 3.63) is 222 Å². The molecule has 1 fully saturated rings. The third-order valence-electron chi connectivity index (χ3n) is 17.1. The lowest BCUT2D eigenvalue weighted by Gasteiger charge is -2.20. The first-order valence-corrected chi connectivity index (χ1v) is 43.9. The summed E-state index contributed by atoms with van der Waals surface area (Å²) in [4.78, 5) is 130. The lowest BCUT2D eigenvalue weighted by molar-refractivity contribution is -0.188. The van der Waals surface area contributed by atoms with E-state index in [9.17, 15) is 86.4 Å². The molecular formula is C84H102F3N15O22S3. The average Bonchev–Trinajstić information content (AvgIpc) is 1.73. The van der Waals surface area contributed by atoms with Gasteiger partial charge in [-0.15, -0.1) is 5.06 Å². The van der Waals surface area contributed by atoms with E-state index in [1.165, 1.54) is 60.7 Å². The van der Waals surface area contributed by atoms with Crippen LogP contribution in [0.15, 0.2) is 188 Å². The number of aliphatic hydroxyl groups excluding tert-OH is 1. The Balaban J connectivity index is 0.000000267. The summed E-state index contributed by atoms with van der Waals surface area (Å²) < 4.78 is 139. The van der Waals surface area contributed by atoms with Crippen LogP contribution in [0.3, 0.4) is 0 Å². The van der Waals surface area contributed by atoms with Crippen molar-refractivity contribution in [2.24, 2.45) is 10.9 Å². The number of benzene rings is 7. The molecule has 37 nitrogen and oxygen atoms in total. The van der Waals surface area contributed by atoms with Crippen LogP contribution in [0.5, 0.6) is 0 Å². The fraction of sp³-hybridized carbons (Fsp3) is 0.333. The van der Waals surface area contributed by atoms with E-state index in [4.69, 9.17) is 34.9 Å². The number of hydrogen-bond acceptors (Lipinski definition) is 25. The molecule has 0 spiro atoms. The first-order valence-electron chi connectivity index (χ1n) is 39.4. The second-order valence-corrected chi connectivity index (χ2v) is 34.0. The third-order valence-corrected chi connectivity index (χ3v) is 19.7. The van der Waals surface area contributed by atoms with Crippen LogP contribution in [0.2, 0.25) is 0 Å². The lowest BCUT2D eigenvalue weighted by atomic mass is 10.1. The lowest BCUT2D eigenvalue weighted by Crippen LogP contribution is -2.44. The number of alkyl carbamates (subject to hydrolysis) is 2. The molecule has 3 heterocycles. The summed E-state index contributed by atoms with van der Waals surface area (Å²) in [6, 6.07) is 45.2. The van der Waals surface area contributed by atoms with E-state index in [0.717, 1.165) is 27.1 Å². The molecule has 2 aromatic heterocycles. The predicted octanol–water partition coefficient (Wildman–Crippen LogP) is 9.88. The number of hydrogen-bond donors (Lipinski definition) is 13. The van der Waals surface area contributed by atoms with Gasteiger partial charge in [0.15, 0.2) is 0 Å². The topological polar surface area (TPSA) is 541 Å². The molecule has 9 amide bonds. The van der Waals surface area contributed by atoms with Crippen LogP contribution in [0.25, 0.3) is 32.6 Å². The summed E-state index contributed by atoms with van der Waals surface area (Å²) in [5.41, 5.74) is 8.96. The van der Waals surface area contributed by atoms with E-state index in [1.807, 2.05) is 66.7 Å². The summed E-state index contributed by atoms with van der Waals surface area (Å²) in [5.74, 6) is -3.34. The normalized spacial score (nSPS) is 12.6. The van der Waals surface area contributed by atoms with Gasteiger partial charge in [0.25, 0.3) is 22.0 Å². The van der Waals surface area contributed by atoms with Crippen LogP contribution < -0.4 is 61.1 Å². The van der Waals surface area contributed by atoms with E-state index < -0.39 is 120 Å². The van der Waals surface area contributed by atoms with E-state index >= 15 is 0 Å². The van der Waals surface area contributed by atoms with Crippen molar-refractivity contribution in [2.45, 2.75) is 161 Å². The zero-order valence-corrected chi connectivity index (χ0v) is 72.6. The minimum Gasteiger partial charge on any atom is -0.445 e. The van der Waals surface area contributed by atoms with Crippen LogP contribution in [0, 0.1) is 17.5 Å². The molecule has 3 atom stereocenters. The van der Waals surface area contributed by atoms with Gasteiger partial charge in [-0.05, 0) is 182 Å². The fourth-order valence-corrected chi connectivity index (χ4v) is 13.1. The first-order chi connectivity index (χ1) is 60.1. The van der Waals surface area contributed by atoms with Crippen molar-refractivity contribution < 1.29 is 115 Å². The van der Waals surface area contributed by atoms with E-state index in [1.54, 1.807) is 112 Å². The number of carbonyl (C=O) groups excluding carboxylic acids is 10. The summed E-state index contributed by atoms with van der Waals surface area (Å²) in [7, 11) is -12.0. The number of nitrogens with zero attached hydrogens (tertiary/aromatic N) is 3. The van der Waals surface area contributed by atoms with Crippen molar-refractivity contribution in [3.8, 4) is 0 Å². The SMILES string of the molecule is CC(C)(C)OC(=O)NS(=O)(=O)NCCCCC(N)C(=O)Nc1cccc2ccccc12.CC(C)(C)OC(=O)NS(=O)(=O)NCCCCC(NC(=O)OCc1ccc(F)cc1)C(=O)Nc1cccc2cccnc12.NS(=O)(=O)NCCCCC(NC(=O)OCc1ccc(F)cc1)C(=O)Nc1cccc2cccnc12.O=CON1C(=O)CCC1=O.OCc1ccc(F)cc1. The van der Waals surface area contributed by atoms with Gasteiger partial charge in [-0.1, -0.05) is 116 Å². The maximum atomic E-state index is 13.2. The number of halogens is 3. The predicted molar refractivity (Wildman–Crippen MR) is 464 cm³/mol. The van der Waals surface area contributed by atoms with Crippen molar-refractivity contribution in [3.63, 3.8) is 0 Å². The molecule has 0 saturated carbocycles. The summed E-state index contributed by atoms with van der Waals surface area (Å²) in [6.07, 6.45) is 2.73. The number of para-hydroxylation sites is 2. The summed E-state index contributed by atoms with van der Waals surface area (Å²) in [6.45, 7) is 9.62. The minimum atomic E-state index is -4.16. The summed E-state index contributed by atoms with van der Waals surface area (Å²) >= 11 is 0. The molecule has 3 unspecified atom stereocenters. The van der Waals surface area contributed by atoms with E-state index in [2.05, 4.69) is 55.6 Å². The number of pyridine rings is 2.